The number of halogens is 13. The van der Waals surface area contributed by atoms with Crippen molar-refractivity contribution in [3.8, 4) is 0 Å². The molecule has 19 heteroatoms. The molecule has 3 N–H and O–H groups in total. The lowest BCUT2D eigenvalue weighted by Gasteiger charge is -2.39. The van der Waals surface area contributed by atoms with Gasteiger partial charge in [0.05, 0.1) is 4.90 Å². The second kappa shape index (κ2) is 7.63. The second-order valence-electron chi connectivity index (χ2n) is 5.89. The van der Waals surface area contributed by atoms with Crippen molar-refractivity contribution in [2.45, 2.75) is 40.7 Å². The molecule has 1 aromatic rings. The molecule has 0 unspecified atom stereocenters. The highest BCUT2D eigenvalue weighted by atomic mass is 32.2. The maximum atomic E-state index is 13.6. The highest BCUT2D eigenvalue weighted by Gasteiger charge is 2.91. The average Bonchev–Trinajstić information content (AvgIpc) is 2.59. The Morgan fingerprint density at radius 3 is 1.41 bits per heavy atom. The number of nitrogens with one attached hydrogen (secondary N) is 1. The third-order valence-corrected chi connectivity index (χ3v) is 4.59. The number of nitrogens with two attached hydrogens (primary N) is 1. The van der Waals surface area contributed by atoms with Crippen LogP contribution in [-0.4, -0.2) is 50.1 Å². The summed E-state index contributed by atoms with van der Waals surface area (Å²) in [6, 6.07) is 1.73. The molecule has 1 amide bonds. The molecule has 0 atom stereocenters. The van der Waals surface area contributed by atoms with Gasteiger partial charge in [-0.15, -0.1) is 0 Å². The second-order valence-corrected chi connectivity index (χ2v) is 7.45. The van der Waals surface area contributed by atoms with Crippen LogP contribution in [-0.2, 0) is 14.8 Å². The topological polar surface area (TPSA) is 89.3 Å². The predicted molar refractivity (Wildman–Crippen MR) is 77.2 cm³/mol. The van der Waals surface area contributed by atoms with Crippen LogP contribution in [0.15, 0.2) is 29.2 Å². The van der Waals surface area contributed by atoms with E-state index in [1.165, 1.54) is 0 Å². The Morgan fingerprint density at radius 1 is 0.688 bits per heavy atom. The van der Waals surface area contributed by atoms with Crippen LogP contribution >= 0.6 is 0 Å². The van der Waals surface area contributed by atoms with Crippen molar-refractivity contribution < 1.29 is 70.3 Å². The van der Waals surface area contributed by atoms with E-state index in [2.05, 4.69) is 5.14 Å². The van der Waals surface area contributed by atoms with Crippen molar-refractivity contribution in [3.05, 3.63) is 24.3 Å². The van der Waals surface area contributed by atoms with E-state index in [9.17, 15) is 70.3 Å². The van der Waals surface area contributed by atoms with E-state index in [0.717, 1.165) is 5.32 Å². The first-order chi connectivity index (χ1) is 13.9. The van der Waals surface area contributed by atoms with E-state index in [0.29, 0.717) is 24.3 Å². The molecule has 1 rings (SSSR count). The molecule has 0 fully saturated rings. The van der Waals surface area contributed by atoms with Crippen LogP contribution < -0.4 is 10.5 Å². The van der Waals surface area contributed by atoms with Crippen LogP contribution in [0, 0.1) is 0 Å². The zero-order valence-corrected chi connectivity index (χ0v) is 15.2. The van der Waals surface area contributed by atoms with Gasteiger partial charge in [-0.25, -0.2) is 13.6 Å². The Bertz CT molecular complexity index is 972. The van der Waals surface area contributed by atoms with Crippen LogP contribution in [0.5, 0.6) is 0 Å². The number of primary sulfonamides is 1. The van der Waals surface area contributed by atoms with Crippen molar-refractivity contribution in [1.29, 1.82) is 0 Å². The maximum absolute atomic E-state index is 13.6. The Hall–Kier alpha value is -2.31. The van der Waals surface area contributed by atoms with Crippen LogP contribution in [0.25, 0.3) is 0 Å². The highest BCUT2D eigenvalue weighted by molar-refractivity contribution is 7.89. The summed E-state index contributed by atoms with van der Waals surface area (Å²) in [6.07, 6.45) is -7.57. The Labute approximate surface area is 168 Å². The Morgan fingerprint density at radius 2 is 1.06 bits per heavy atom. The van der Waals surface area contributed by atoms with E-state index in [1.54, 1.807) is 0 Å². The first-order valence-electron chi connectivity index (χ1n) is 7.26. The molecular weight excluding hydrogens is 511 g/mol. The summed E-state index contributed by atoms with van der Waals surface area (Å²) in [5, 5.41) is 5.43. The molecule has 0 saturated carbocycles. The molecule has 0 saturated heterocycles. The van der Waals surface area contributed by atoms with Gasteiger partial charge in [0.25, 0.3) is 0 Å². The van der Waals surface area contributed by atoms with Crippen LogP contribution in [0.4, 0.5) is 62.8 Å². The first-order valence-corrected chi connectivity index (χ1v) is 8.80. The number of rotatable bonds is 7. The highest BCUT2D eigenvalue weighted by Crippen LogP contribution is 2.60. The number of alkyl halides is 13. The zero-order valence-electron chi connectivity index (χ0n) is 14.4. The molecule has 1 aromatic carbocycles. The molecule has 0 aliphatic carbocycles. The number of anilines is 1. The average molecular weight is 518 g/mol. The minimum absolute atomic E-state index is 0.385. The van der Waals surface area contributed by atoms with Gasteiger partial charge in [-0.3, -0.25) is 4.79 Å². The maximum Gasteiger partial charge on any atom is 0.460 e. The molecule has 0 bridgehead atoms. The smallest absolute Gasteiger partial charge is 0.321 e. The number of carbonyl (C=O) groups is 1. The van der Waals surface area contributed by atoms with Gasteiger partial charge < -0.3 is 5.32 Å². The summed E-state index contributed by atoms with van der Waals surface area (Å²) < 4.78 is 191. The molecule has 0 aromatic heterocycles. The molecule has 0 heterocycles. The van der Waals surface area contributed by atoms with E-state index >= 15 is 0 Å². The van der Waals surface area contributed by atoms with Crippen LogP contribution in [0.1, 0.15) is 0 Å². The van der Waals surface area contributed by atoms with Crippen LogP contribution in [0.2, 0.25) is 0 Å². The Kier molecular flexibility index (Phi) is 6.61. The standard InChI is InChI=1S/C13H7F13N2O3S/c14-8(15,7(29)28-5-1-3-6(4-2-5)32(27,30)31)9(16,17)10(18,19)11(20,21)12(22,23)13(24,25)26/h1-4H,(H,28,29)(H2,27,30,31). The van der Waals surface area contributed by atoms with Gasteiger partial charge >= 0.3 is 41.7 Å². The van der Waals surface area contributed by atoms with E-state index < -0.39 is 62.3 Å². The lowest BCUT2D eigenvalue weighted by molar-refractivity contribution is -0.435. The number of hydrogen-bond acceptors (Lipinski definition) is 3. The quantitative estimate of drug-likeness (QED) is 0.535. The van der Waals surface area contributed by atoms with Gasteiger partial charge in [0.2, 0.25) is 10.0 Å². The van der Waals surface area contributed by atoms with Crippen molar-refractivity contribution in [1.82, 2.24) is 0 Å². The van der Waals surface area contributed by atoms with E-state index in [-0.39, 0.29) is 0 Å². The molecule has 0 aliphatic heterocycles. The van der Waals surface area contributed by atoms with Gasteiger partial charge in [0, 0.05) is 5.69 Å². The number of benzene rings is 1. The lowest BCUT2D eigenvalue weighted by Crippen LogP contribution is -2.71. The van der Waals surface area contributed by atoms with Gasteiger partial charge in [-0.2, -0.15) is 57.1 Å². The largest absolute Gasteiger partial charge is 0.460 e. The van der Waals surface area contributed by atoms with Crippen molar-refractivity contribution in [2.24, 2.45) is 5.14 Å². The zero-order chi connectivity index (χ0) is 25.8. The van der Waals surface area contributed by atoms with Gasteiger partial charge in [0.1, 0.15) is 0 Å². The normalized spacial score (nSPS) is 14.9. The fraction of sp³-hybridized carbons (Fsp3) is 0.462. The van der Waals surface area contributed by atoms with Crippen LogP contribution in [0.3, 0.4) is 0 Å². The molecule has 5 nitrogen and oxygen atoms in total. The van der Waals surface area contributed by atoms with Crippen molar-refractivity contribution in [2.75, 3.05) is 5.32 Å². The number of hydrogen-bond donors (Lipinski definition) is 2. The molecular formula is C13H7F13N2O3S. The number of amides is 1. The SMILES string of the molecule is NS(=O)(=O)c1ccc(NC(=O)C(F)(F)C(F)(F)C(F)(F)C(F)(F)C(F)(F)C(F)(F)F)cc1. The van der Waals surface area contributed by atoms with Gasteiger partial charge in [-0.1, -0.05) is 0 Å². The van der Waals surface area contributed by atoms with E-state index in [1.807, 2.05) is 0 Å². The fourth-order valence-corrected chi connectivity index (χ4v) is 2.37. The van der Waals surface area contributed by atoms with E-state index in [4.69, 9.17) is 0 Å². The molecule has 0 aliphatic rings. The van der Waals surface area contributed by atoms with Gasteiger partial charge in [0.15, 0.2) is 0 Å². The van der Waals surface area contributed by atoms with Gasteiger partial charge in [-0.05, 0) is 24.3 Å². The number of sulfonamides is 1. The minimum atomic E-state index is -8.14. The summed E-state index contributed by atoms with van der Waals surface area (Å²) in [6.45, 7) is 0. The molecule has 0 spiro atoms. The van der Waals surface area contributed by atoms with Crippen molar-refractivity contribution >= 4 is 21.6 Å². The monoisotopic (exact) mass is 518 g/mol. The molecule has 32 heavy (non-hydrogen) atoms. The van der Waals surface area contributed by atoms with Crippen molar-refractivity contribution in [3.63, 3.8) is 0 Å². The summed E-state index contributed by atoms with van der Waals surface area (Å²) in [5.74, 6) is -42.5. The fourth-order valence-electron chi connectivity index (χ4n) is 1.85. The summed E-state index contributed by atoms with van der Waals surface area (Å²) in [5.41, 5.74) is -1.03. The molecule has 184 valence electrons. The Balaban J connectivity index is 3.36. The predicted octanol–water partition coefficient (Wildman–Crippen LogP) is 4.01. The first kappa shape index (κ1) is 27.7. The molecule has 0 radical (unpaired) electrons. The summed E-state index contributed by atoms with van der Waals surface area (Å²) >= 11 is 0. The summed E-state index contributed by atoms with van der Waals surface area (Å²) in [7, 11) is -4.39. The third kappa shape index (κ3) is 4.18. The summed E-state index contributed by atoms with van der Waals surface area (Å²) in [4.78, 5) is 10.6. The number of carbonyl (C=O) groups excluding carboxylic acids is 1. The lowest BCUT2D eigenvalue weighted by atomic mass is 9.93. The third-order valence-electron chi connectivity index (χ3n) is 3.66. The minimum Gasteiger partial charge on any atom is -0.321 e.